The molecule has 0 saturated carbocycles. The third-order valence-corrected chi connectivity index (χ3v) is 3.50. The Morgan fingerprint density at radius 2 is 2.46 bits per heavy atom. The van der Waals surface area contributed by atoms with E-state index in [2.05, 4.69) is 13.8 Å². The zero-order valence-electron chi connectivity index (χ0n) is 8.32. The van der Waals surface area contributed by atoms with Gasteiger partial charge in [-0.15, -0.1) is 0 Å². The second kappa shape index (κ2) is 4.86. The lowest BCUT2D eigenvalue weighted by atomic mass is 10.3. The molecule has 0 bridgehead atoms. The van der Waals surface area contributed by atoms with Crippen molar-refractivity contribution in [1.29, 1.82) is 0 Å². The van der Waals surface area contributed by atoms with E-state index in [4.69, 9.17) is 5.73 Å². The quantitative estimate of drug-likeness (QED) is 0.729. The zero-order chi connectivity index (χ0) is 9.84. The molecular formula is C9H18N2OS. The van der Waals surface area contributed by atoms with Gasteiger partial charge in [0.2, 0.25) is 5.91 Å². The summed E-state index contributed by atoms with van der Waals surface area (Å²) in [6.45, 7) is 5.07. The van der Waals surface area contributed by atoms with Crippen LogP contribution in [-0.2, 0) is 4.79 Å². The van der Waals surface area contributed by atoms with Crippen molar-refractivity contribution < 1.29 is 4.79 Å². The first-order valence-electron chi connectivity index (χ1n) is 4.80. The van der Waals surface area contributed by atoms with E-state index in [1.54, 1.807) is 0 Å². The number of rotatable bonds is 4. The fourth-order valence-corrected chi connectivity index (χ4v) is 2.30. The maximum absolute atomic E-state index is 11.5. The Hall–Kier alpha value is -0.220. The first-order chi connectivity index (χ1) is 6.16. The summed E-state index contributed by atoms with van der Waals surface area (Å²) >= 11 is 1.87. The number of thioether (sulfide) groups is 1. The molecule has 0 spiro atoms. The largest absolute Gasteiger partial charge is 0.338 e. The van der Waals surface area contributed by atoms with Crippen molar-refractivity contribution in [3.63, 3.8) is 0 Å². The smallest absolute Gasteiger partial charge is 0.239 e. The summed E-state index contributed by atoms with van der Waals surface area (Å²) in [5.74, 6) is 2.26. The molecule has 0 aliphatic carbocycles. The topological polar surface area (TPSA) is 46.3 Å². The molecular weight excluding hydrogens is 184 g/mol. The first kappa shape index (κ1) is 10.9. The molecule has 0 aromatic rings. The van der Waals surface area contributed by atoms with Crippen LogP contribution in [0, 0.1) is 0 Å². The van der Waals surface area contributed by atoms with Crippen LogP contribution in [-0.4, -0.2) is 40.9 Å². The van der Waals surface area contributed by atoms with E-state index in [0.29, 0.717) is 6.04 Å². The molecule has 1 amide bonds. The number of carbonyl (C=O) groups is 1. The molecule has 1 rings (SSSR count). The van der Waals surface area contributed by atoms with E-state index < -0.39 is 0 Å². The lowest BCUT2D eigenvalue weighted by molar-refractivity contribution is -0.130. The van der Waals surface area contributed by atoms with Crippen molar-refractivity contribution in [2.45, 2.75) is 32.4 Å². The molecule has 76 valence electrons. The van der Waals surface area contributed by atoms with Gasteiger partial charge in [0.1, 0.15) is 0 Å². The number of hydrogen-bond acceptors (Lipinski definition) is 3. The highest BCUT2D eigenvalue weighted by molar-refractivity contribution is 7.99. The van der Waals surface area contributed by atoms with Gasteiger partial charge in [0, 0.05) is 18.3 Å². The number of likely N-dealkylation sites (tertiary alicyclic amines) is 1. The van der Waals surface area contributed by atoms with E-state index in [1.165, 1.54) is 0 Å². The maximum atomic E-state index is 11.5. The Labute approximate surface area is 84.0 Å². The third-order valence-electron chi connectivity index (χ3n) is 2.38. The number of carbonyl (C=O) groups excluding carboxylic acids is 1. The van der Waals surface area contributed by atoms with E-state index in [-0.39, 0.29) is 11.9 Å². The van der Waals surface area contributed by atoms with Crippen molar-refractivity contribution in [2.75, 3.05) is 18.1 Å². The fourth-order valence-electron chi connectivity index (χ4n) is 1.54. The van der Waals surface area contributed by atoms with Crippen LogP contribution < -0.4 is 5.73 Å². The Balaban J connectivity index is 2.39. The second-order valence-corrected chi connectivity index (χ2v) is 4.75. The molecule has 1 heterocycles. The van der Waals surface area contributed by atoms with Crippen molar-refractivity contribution in [3.8, 4) is 0 Å². The maximum Gasteiger partial charge on any atom is 0.239 e. The Bertz CT molecular complexity index is 186. The highest BCUT2D eigenvalue weighted by Crippen LogP contribution is 2.15. The number of nitrogens with two attached hydrogens (primary N) is 1. The predicted molar refractivity (Wildman–Crippen MR) is 56.8 cm³/mol. The average Bonchev–Trinajstić information content (AvgIpc) is 2.44. The van der Waals surface area contributed by atoms with Gasteiger partial charge in [-0.25, -0.2) is 0 Å². The Morgan fingerprint density at radius 1 is 1.77 bits per heavy atom. The predicted octanol–water partition coefficient (Wildman–Crippen LogP) is 0.688. The summed E-state index contributed by atoms with van der Waals surface area (Å²) in [6.07, 6.45) is 0.819. The Kier molecular flexibility index (Phi) is 4.06. The van der Waals surface area contributed by atoms with Gasteiger partial charge < -0.3 is 10.6 Å². The molecule has 1 aliphatic heterocycles. The molecule has 0 radical (unpaired) electrons. The highest BCUT2D eigenvalue weighted by atomic mass is 32.2. The summed E-state index contributed by atoms with van der Waals surface area (Å²) in [5, 5.41) is 0. The van der Waals surface area contributed by atoms with Gasteiger partial charge in [0.05, 0.1) is 6.04 Å². The van der Waals surface area contributed by atoms with Crippen LogP contribution in [0.4, 0.5) is 0 Å². The SMILES string of the molecule is CCSCC(C)N1CCC(N)C1=O. The molecule has 3 nitrogen and oxygen atoms in total. The summed E-state index contributed by atoms with van der Waals surface area (Å²) in [7, 11) is 0. The van der Waals surface area contributed by atoms with Gasteiger partial charge in [-0.05, 0) is 19.1 Å². The van der Waals surface area contributed by atoms with E-state index in [1.807, 2.05) is 16.7 Å². The van der Waals surface area contributed by atoms with Gasteiger partial charge in [-0.1, -0.05) is 6.92 Å². The van der Waals surface area contributed by atoms with Crippen LogP contribution in [0.1, 0.15) is 20.3 Å². The molecule has 1 fully saturated rings. The normalized spacial score (nSPS) is 25.3. The summed E-state index contributed by atoms with van der Waals surface area (Å²) in [4.78, 5) is 13.4. The van der Waals surface area contributed by atoms with Gasteiger partial charge in [-0.2, -0.15) is 11.8 Å². The van der Waals surface area contributed by atoms with E-state index >= 15 is 0 Å². The van der Waals surface area contributed by atoms with Crippen LogP contribution in [0.2, 0.25) is 0 Å². The van der Waals surface area contributed by atoms with Crippen molar-refractivity contribution in [2.24, 2.45) is 5.73 Å². The van der Waals surface area contributed by atoms with Crippen molar-refractivity contribution in [1.82, 2.24) is 4.90 Å². The molecule has 13 heavy (non-hydrogen) atoms. The molecule has 2 atom stereocenters. The minimum absolute atomic E-state index is 0.129. The lowest BCUT2D eigenvalue weighted by Crippen LogP contribution is -2.40. The molecule has 4 heteroatoms. The molecule has 1 aliphatic rings. The molecule has 1 saturated heterocycles. The summed E-state index contributed by atoms with van der Waals surface area (Å²) in [6, 6.07) is 0.0973. The monoisotopic (exact) mass is 202 g/mol. The van der Waals surface area contributed by atoms with Gasteiger partial charge >= 0.3 is 0 Å². The molecule has 0 aromatic carbocycles. The van der Waals surface area contributed by atoms with Gasteiger partial charge in [0.25, 0.3) is 0 Å². The number of amides is 1. The van der Waals surface area contributed by atoms with Crippen LogP contribution in [0.5, 0.6) is 0 Å². The minimum Gasteiger partial charge on any atom is -0.338 e. The number of nitrogens with zero attached hydrogens (tertiary/aromatic N) is 1. The Morgan fingerprint density at radius 3 is 2.92 bits per heavy atom. The fraction of sp³-hybridized carbons (Fsp3) is 0.889. The summed E-state index contributed by atoms with van der Waals surface area (Å²) < 4.78 is 0. The van der Waals surface area contributed by atoms with Gasteiger partial charge in [-0.3, -0.25) is 4.79 Å². The zero-order valence-corrected chi connectivity index (χ0v) is 9.14. The van der Waals surface area contributed by atoms with Crippen LogP contribution in [0.25, 0.3) is 0 Å². The second-order valence-electron chi connectivity index (χ2n) is 3.44. The van der Waals surface area contributed by atoms with Gasteiger partial charge in [0.15, 0.2) is 0 Å². The standard InChI is InChI=1S/C9H18N2OS/c1-3-13-6-7(2)11-5-4-8(10)9(11)12/h7-8H,3-6,10H2,1-2H3. The van der Waals surface area contributed by atoms with Crippen molar-refractivity contribution in [3.05, 3.63) is 0 Å². The molecule has 0 aromatic heterocycles. The molecule has 2 N–H and O–H groups in total. The van der Waals surface area contributed by atoms with E-state index in [0.717, 1.165) is 24.5 Å². The highest BCUT2D eigenvalue weighted by Gasteiger charge is 2.31. The van der Waals surface area contributed by atoms with Crippen LogP contribution in [0.3, 0.4) is 0 Å². The molecule has 2 unspecified atom stereocenters. The first-order valence-corrected chi connectivity index (χ1v) is 5.96. The van der Waals surface area contributed by atoms with Crippen LogP contribution in [0.15, 0.2) is 0 Å². The van der Waals surface area contributed by atoms with Crippen molar-refractivity contribution >= 4 is 17.7 Å². The number of hydrogen-bond donors (Lipinski definition) is 1. The van der Waals surface area contributed by atoms with E-state index in [9.17, 15) is 4.79 Å². The van der Waals surface area contributed by atoms with Crippen LogP contribution >= 0.6 is 11.8 Å². The third kappa shape index (κ3) is 2.61. The minimum atomic E-state index is -0.242. The summed E-state index contributed by atoms with van der Waals surface area (Å²) in [5.41, 5.74) is 5.64. The average molecular weight is 202 g/mol. The lowest BCUT2D eigenvalue weighted by Gasteiger charge is -2.23.